The Morgan fingerprint density at radius 3 is 2.44 bits per heavy atom. The number of methoxy groups -OCH3 is 1. The van der Waals surface area contributed by atoms with E-state index < -0.39 is 0 Å². The van der Waals surface area contributed by atoms with Crippen molar-refractivity contribution in [2.75, 3.05) is 7.11 Å². The van der Waals surface area contributed by atoms with Gasteiger partial charge in [-0.3, -0.25) is 4.90 Å². The maximum Gasteiger partial charge on any atom is 0.118 e. The van der Waals surface area contributed by atoms with Crippen LogP contribution in [0.25, 0.3) is 16.9 Å². The van der Waals surface area contributed by atoms with Crippen molar-refractivity contribution in [1.29, 1.82) is 0 Å². The van der Waals surface area contributed by atoms with Gasteiger partial charge >= 0.3 is 0 Å². The van der Waals surface area contributed by atoms with Gasteiger partial charge in [0.15, 0.2) is 0 Å². The molecule has 1 atom stereocenters. The summed E-state index contributed by atoms with van der Waals surface area (Å²) in [5.41, 5.74) is 6.92. The SMILES string of the molecule is CCCC1c2c(-c3ccccc3)nnn2-c2ccccc2CN1Cc1ccc(OC)cc1. The zero-order chi connectivity index (χ0) is 21.9. The van der Waals surface area contributed by atoms with Crippen LogP contribution in [0.2, 0.25) is 0 Å². The molecule has 3 aromatic carbocycles. The summed E-state index contributed by atoms with van der Waals surface area (Å²) in [6.45, 7) is 3.97. The lowest BCUT2D eigenvalue weighted by Gasteiger charge is -2.30. The average Bonchev–Trinajstić information content (AvgIpc) is 3.23. The molecule has 0 bridgehead atoms. The van der Waals surface area contributed by atoms with E-state index in [-0.39, 0.29) is 6.04 Å². The van der Waals surface area contributed by atoms with Crippen molar-refractivity contribution in [2.24, 2.45) is 0 Å². The number of para-hydroxylation sites is 1. The third-order valence-electron chi connectivity index (χ3n) is 6.21. The molecule has 1 aliphatic rings. The first-order valence-corrected chi connectivity index (χ1v) is 11.2. The largest absolute Gasteiger partial charge is 0.497 e. The summed E-state index contributed by atoms with van der Waals surface area (Å²) in [7, 11) is 1.71. The molecule has 0 fully saturated rings. The number of nitrogens with zero attached hydrogens (tertiary/aromatic N) is 4. The summed E-state index contributed by atoms with van der Waals surface area (Å²) in [6.07, 6.45) is 2.12. The third kappa shape index (κ3) is 3.80. The quantitative estimate of drug-likeness (QED) is 0.392. The molecule has 0 radical (unpaired) electrons. The molecular formula is C27H28N4O. The molecule has 0 N–H and O–H groups in total. The zero-order valence-electron chi connectivity index (χ0n) is 18.6. The number of fused-ring (bicyclic) bond motifs is 3. The van der Waals surface area contributed by atoms with Crippen LogP contribution >= 0.6 is 0 Å². The molecule has 0 spiro atoms. The van der Waals surface area contributed by atoms with Crippen LogP contribution in [0.4, 0.5) is 0 Å². The van der Waals surface area contributed by atoms with E-state index in [4.69, 9.17) is 4.74 Å². The van der Waals surface area contributed by atoms with Crippen LogP contribution in [0, 0.1) is 0 Å². The number of benzene rings is 3. The topological polar surface area (TPSA) is 43.2 Å². The minimum atomic E-state index is 0.208. The summed E-state index contributed by atoms with van der Waals surface area (Å²) in [4.78, 5) is 2.57. The second kappa shape index (κ2) is 8.97. The van der Waals surface area contributed by atoms with Crippen molar-refractivity contribution < 1.29 is 4.74 Å². The van der Waals surface area contributed by atoms with Gasteiger partial charge in [0.05, 0.1) is 24.5 Å². The normalized spacial score (nSPS) is 15.6. The molecule has 0 saturated carbocycles. The lowest BCUT2D eigenvalue weighted by atomic mass is 10.00. The Labute approximate surface area is 189 Å². The molecule has 1 unspecified atom stereocenters. The Bertz CT molecular complexity index is 1180. The van der Waals surface area contributed by atoms with Gasteiger partial charge in [0.2, 0.25) is 0 Å². The minimum Gasteiger partial charge on any atom is -0.497 e. The minimum absolute atomic E-state index is 0.208. The van der Waals surface area contributed by atoms with Gasteiger partial charge in [-0.25, -0.2) is 4.68 Å². The molecule has 32 heavy (non-hydrogen) atoms. The van der Waals surface area contributed by atoms with E-state index >= 15 is 0 Å². The highest BCUT2D eigenvalue weighted by atomic mass is 16.5. The molecule has 5 rings (SSSR count). The van der Waals surface area contributed by atoms with Gasteiger partial charge in [-0.2, -0.15) is 0 Å². The highest BCUT2D eigenvalue weighted by Gasteiger charge is 2.32. The van der Waals surface area contributed by atoms with E-state index in [1.165, 1.54) is 16.8 Å². The van der Waals surface area contributed by atoms with Gasteiger partial charge < -0.3 is 4.74 Å². The summed E-state index contributed by atoms with van der Waals surface area (Å²) < 4.78 is 7.43. The van der Waals surface area contributed by atoms with E-state index in [2.05, 4.69) is 87.5 Å². The second-order valence-corrected chi connectivity index (χ2v) is 8.29. The highest BCUT2D eigenvalue weighted by molar-refractivity contribution is 5.63. The van der Waals surface area contributed by atoms with Crippen LogP contribution in [-0.4, -0.2) is 27.0 Å². The van der Waals surface area contributed by atoms with Crippen molar-refractivity contribution in [2.45, 2.75) is 38.9 Å². The fourth-order valence-corrected chi connectivity index (χ4v) is 4.65. The molecule has 0 saturated heterocycles. The summed E-state index contributed by atoms with van der Waals surface area (Å²) in [5, 5.41) is 9.33. The Morgan fingerprint density at radius 2 is 1.69 bits per heavy atom. The zero-order valence-corrected chi connectivity index (χ0v) is 18.6. The number of hydrogen-bond acceptors (Lipinski definition) is 4. The smallest absolute Gasteiger partial charge is 0.118 e. The maximum absolute atomic E-state index is 5.35. The van der Waals surface area contributed by atoms with Gasteiger partial charge in [-0.05, 0) is 35.7 Å². The van der Waals surface area contributed by atoms with Crippen LogP contribution in [0.3, 0.4) is 0 Å². The first kappa shape index (κ1) is 20.5. The molecule has 5 heteroatoms. The molecule has 0 amide bonds. The van der Waals surface area contributed by atoms with Crippen LogP contribution in [0.15, 0.2) is 78.9 Å². The Balaban J connectivity index is 1.64. The molecule has 4 aromatic rings. The van der Waals surface area contributed by atoms with E-state index in [0.29, 0.717) is 0 Å². The van der Waals surface area contributed by atoms with E-state index in [9.17, 15) is 0 Å². The number of aromatic nitrogens is 3. The Kier molecular flexibility index (Phi) is 5.73. The van der Waals surface area contributed by atoms with Crippen molar-refractivity contribution in [3.8, 4) is 22.7 Å². The summed E-state index contributed by atoms with van der Waals surface area (Å²) in [5.74, 6) is 0.883. The molecule has 0 aliphatic carbocycles. The molecular weight excluding hydrogens is 396 g/mol. The standard InChI is InChI=1S/C27H28N4O/c1-3-9-25-27-26(21-10-5-4-6-11-21)28-29-31(27)24-13-8-7-12-22(24)19-30(25)18-20-14-16-23(32-2)17-15-20/h4-8,10-17,25H,3,9,18-19H2,1-2H3. The van der Waals surface area contributed by atoms with Crippen molar-refractivity contribution in [3.05, 3.63) is 95.7 Å². The number of ether oxygens (including phenoxy) is 1. The monoisotopic (exact) mass is 424 g/mol. The van der Waals surface area contributed by atoms with Gasteiger partial charge in [0, 0.05) is 18.7 Å². The van der Waals surface area contributed by atoms with Crippen molar-refractivity contribution >= 4 is 0 Å². The first-order chi connectivity index (χ1) is 15.8. The second-order valence-electron chi connectivity index (χ2n) is 8.29. The van der Waals surface area contributed by atoms with Gasteiger partial charge in [0.25, 0.3) is 0 Å². The fraction of sp³-hybridized carbons (Fsp3) is 0.259. The molecule has 162 valence electrons. The Hall–Kier alpha value is -3.44. The van der Waals surface area contributed by atoms with Gasteiger partial charge in [0.1, 0.15) is 11.4 Å². The third-order valence-corrected chi connectivity index (χ3v) is 6.21. The lowest BCUT2D eigenvalue weighted by molar-refractivity contribution is 0.168. The van der Waals surface area contributed by atoms with Gasteiger partial charge in [-0.1, -0.05) is 79.2 Å². The summed E-state index contributed by atoms with van der Waals surface area (Å²) in [6, 6.07) is 27.6. The van der Waals surface area contributed by atoms with Gasteiger partial charge in [-0.15, -0.1) is 5.10 Å². The molecule has 1 aromatic heterocycles. The fourth-order valence-electron chi connectivity index (χ4n) is 4.65. The van der Waals surface area contributed by atoms with Crippen LogP contribution in [-0.2, 0) is 13.1 Å². The number of hydrogen-bond donors (Lipinski definition) is 0. The number of rotatable bonds is 6. The van der Waals surface area contributed by atoms with Crippen LogP contribution in [0.5, 0.6) is 5.75 Å². The lowest BCUT2D eigenvalue weighted by Crippen LogP contribution is -2.28. The first-order valence-electron chi connectivity index (χ1n) is 11.2. The molecule has 2 heterocycles. The van der Waals surface area contributed by atoms with Crippen LogP contribution < -0.4 is 4.74 Å². The van der Waals surface area contributed by atoms with E-state index in [1.54, 1.807) is 7.11 Å². The molecule has 1 aliphatic heterocycles. The van der Waals surface area contributed by atoms with E-state index in [0.717, 1.165) is 48.6 Å². The predicted octanol–water partition coefficient (Wildman–Crippen LogP) is 5.80. The summed E-state index contributed by atoms with van der Waals surface area (Å²) >= 11 is 0. The van der Waals surface area contributed by atoms with Crippen LogP contribution in [0.1, 0.15) is 42.6 Å². The highest BCUT2D eigenvalue weighted by Crippen LogP contribution is 2.39. The van der Waals surface area contributed by atoms with Crippen molar-refractivity contribution in [1.82, 2.24) is 19.9 Å². The average molecular weight is 425 g/mol. The maximum atomic E-state index is 5.35. The Morgan fingerprint density at radius 1 is 0.938 bits per heavy atom. The van der Waals surface area contributed by atoms with E-state index in [1.807, 2.05) is 18.2 Å². The predicted molar refractivity (Wildman–Crippen MR) is 127 cm³/mol. The molecule has 5 nitrogen and oxygen atoms in total. The van der Waals surface area contributed by atoms with Crippen molar-refractivity contribution in [3.63, 3.8) is 0 Å².